The molecule has 0 aliphatic carbocycles. The van der Waals surface area contributed by atoms with Crippen molar-refractivity contribution in [2.24, 2.45) is 0 Å². The molecule has 1 N–H and O–H groups in total. The molecule has 8 nitrogen and oxygen atoms in total. The number of rotatable bonds is 4. The summed E-state index contributed by atoms with van der Waals surface area (Å²) < 4.78 is 3.24. The summed E-state index contributed by atoms with van der Waals surface area (Å²) in [6.45, 7) is 2.60. The van der Waals surface area contributed by atoms with Gasteiger partial charge in [-0.15, -0.1) is 5.10 Å². The summed E-state index contributed by atoms with van der Waals surface area (Å²) in [6, 6.07) is 15.5. The van der Waals surface area contributed by atoms with Gasteiger partial charge >= 0.3 is 5.56 Å². The molecule has 0 amide bonds. The van der Waals surface area contributed by atoms with Crippen LogP contribution >= 0.6 is 0 Å². The number of fused-ring (bicyclic) bond motifs is 2. The Kier molecular flexibility index (Phi) is 3.75. The number of pyridine rings is 1. The number of benzene rings is 1. The molecule has 8 heteroatoms. The maximum atomic E-state index is 13.0. The lowest BCUT2D eigenvalue weighted by atomic mass is 10.1. The number of imidazole rings is 1. The summed E-state index contributed by atoms with van der Waals surface area (Å²) in [5, 5.41) is 4.46. The molecule has 0 radical (unpaired) electrons. The standard InChI is InChI=1S/C20H17N7O/c1-2-26-18-16(23-17(24-18)14-10-6-7-11-21-14)19(28)27-20(26)22-15(25-27)12-13-8-4-3-5-9-13/h3-11H,2,12H2,1H3,(H,23,24). The molecule has 1 aromatic carbocycles. The predicted molar refractivity (Wildman–Crippen MR) is 105 cm³/mol. The molecule has 0 saturated heterocycles. The topological polar surface area (TPSA) is 93.8 Å². The van der Waals surface area contributed by atoms with E-state index in [0.29, 0.717) is 47.2 Å². The zero-order valence-electron chi connectivity index (χ0n) is 15.2. The number of H-pyrrole nitrogens is 1. The van der Waals surface area contributed by atoms with E-state index < -0.39 is 0 Å². The summed E-state index contributed by atoms with van der Waals surface area (Å²) in [5.74, 6) is 1.64. The van der Waals surface area contributed by atoms with Gasteiger partial charge in [0, 0.05) is 19.2 Å². The van der Waals surface area contributed by atoms with E-state index in [1.165, 1.54) is 4.52 Å². The maximum absolute atomic E-state index is 13.0. The minimum atomic E-state index is -0.267. The van der Waals surface area contributed by atoms with Crippen LogP contribution in [0.1, 0.15) is 18.3 Å². The van der Waals surface area contributed by atoms with E-state index in [1.54, 1.807) is 6.20 Å². The van der Waals surface area contributed by atoms with Gasteiger partial charge < -0.3 is 4.98 Å². The highest BCUT2D eigenvalue weighted by molar-refractivity contribution is 5.76. The Morgan fingerprint density at radius 2 is 1.86 bits per heavy atom. The number of nitrogens with one attached hydrogen (secondary N) is 1. The predicted octanol–water partition coefficient (Wildman–Crippen LogP) is 2.44. The van der Waals surface area contributed by atoms with Crippen molar-refractivity contribution in [2.45, 2.75) is 19.9 Å². The minimum Gasteiger partial charge on any atom is -0.331 e. The summed E-state index contributed by atoms with van der Waals surface area (Å²) >= 11 is 0. The summed E-state index contributed by atoms with van der Waals surface area (Å²) in [4.78, 5) is 29.7. The molecular formula is C20H17N7O. The van der Waals surface area contributed by atoms with E-state index in [0.717, 1.165) is 5.56 Å². The van der Waals surface area contributed by atoms with Crippen molar-refractivity contribution < 1.29 is 0 Å². The van der Waals surface area contributed by atoms with E-state index >= 15 is 0 Å². The number of hydrogen-bond acceptors (Lipinski definition) is 5. The lowest BCUT2D eigenvalue weighted by Gasteiger charge is -2.04. The Labute approximate surface area is 159 Å². The van der Waals surface area contributed by atoms with Crippen molar-refractivity contribution in [3.8, 4) is 11.5 Å². The first-order valence-electron chi connectivity index (χ1n) is 9.08. The molecule has 0 spiro atoms. The zero-order chi connectivity index (χ0) is 19.1. The molecular weight excluding hydrogens is 354 g/mol. The Morgan fingerprint density at radius 1 is 1.04 bits per heavy atom. The Morgan fingerprint density at radius 3 is 2.61 bits per heavy atom. The minimum absolute atomic E-state index is 0.267. The first-order chi connectivity index (χ1) is 13.7. The van der Waals surface area contributed by atoms with E-state index in [1.807, 2.05) is 60.0 Å². The van der Waals surface area contributed by atoms with Crippen molar-refractivity contribution in [1.82, 2.24) is 34.1 Å². The van der Waals surface area contributed by atoms with Gasteiger partial charge in [-0.25, -0.2) is 4.98 Å². The molecule has 0 fully saturated rings. The fourth-order valence-electron chi connectivity index (χ4n) is 3.33. The SMILES string of the molecule is CCn1c2nc(-c3ccccn3)[nH]c2c(=O)n2nc(Cc3ccccc3)nc12. The monoisotopic (exact) mass is 371 g/mol. The highest BCUT2D eigenvalue weighted by atomic mass is 16.1. The van der Waals surface area contributed by atoms with E-state index in [9.17, 15) is 4.79 Å². The summed E-state index contributed by atoms with van der Waals surface area (Å²) in [6.07, 6.45) is 2.25. The molecule has 0 bridgehead atoms. The van der Waals surface area contributed by atoms with Crippen molar-refractivity contribution in [3.63, 3.8) is 0 Å². The van der Waals surface area contributed by atoms with Crippen LogP contribution in [0, 0.1) is 0 Å². The molecule has 0 saturated carbocycles. The molecule has 138 valence electrons. The van der Waals surface area contributed by atoms with E-state index in [2.05, 4.69) is 25.0 Å². The quantitative estimate of drug-likeness (QED) is 0.524. The van der Waals surface area contributed by atoms with Crippen LogP contribution in [0.3, 0.4) is 0 Å². The average Bonchev–Trinajstić information content (AvgIpc) is 3.35. The number of aryl methyl sites for hydroxylation is 1. The van der Waals surface area contributed by atoms with Gasteiger partial charge in [-0.3, -0.25) is 14.3 Å². The van der Waals surface area contributed by atoms with Crippen molar-refractivity contribution in [3.05, 3.63) is 76.5 Å². The molecule has 28 heavy (non-hydrogen) atoms. The number of aromatic amines is 1. The van der Waals surface area contributed by atoms with Crippen molar-refractivity contribution >= 4 is 16.9 Å². The number of nitrogens with zero attached hydrogens (tertiary/aromatic N) is 6. The van der Waals surface area contributed by atoms with Crippen LogP contribution in [0.2, 0.25) is 0 Å². The third kappa shape index (κ3) is 2.58. The molecule has 4 heterocycles. The van der Waals surface area contributed by atoms with E-state index in [-0.39, 0.29) is 5.56 Å². The fraction of sp³-hybridized carbons (Fsp3) is 0.150. The van der Waals surface area contributed by atoms with Crippen LogP contribution in [0.15, 0.2) is 59.5 Å². The second-order valence-corrected chi connectivity index (χ2v) is 6.45. The van der Waals surface area contributed by atoms with Gasteiger partial charge in [-0.1, -0.05) is 36.4 Å². The Balaban J connectivity index is 1.70. The van der Waals surface area contributed by atoms with Gasteiger partial charge in [0.05, 0.1) is 0 Å². The van der Waals surface area contributed by atoms with Gasteiger partial charge in [0.15, 0.2) is 22.8 Å². The van der Waals surface area contributed by atoms with Gasteiger partial charge in [0.25, 0.3) is 0 Å². The first-order valence-corrected chi connectivity index (χ1v) is 9.08. The van der Waals surface area contributed by atoms with Gasteiger partial charge in [-0.05, 0) is 24.6 Å². The molecule has 0 atom stereocenters. The molecule has 0 aliphatic rings. The first kappa shape index (κ1) is 16.4. The zero-order valence-corrected chi connectivity index (χ0v) is 15.2. The second kappa shape index (κ2) is 6.41. The number of hydrogen-bond donors (Lipinski definition) is 1. The highest BCUT2D eigenvalue weighted by Gasteiger charge is 2.19. The molecule has 5 aromatic rings. The lowest BCUT2D eigenvalue weighted by molar-refractivity contribution is 0.756. The lowest BCUT2D eigenvalue weighted by Crippen LogP contribution is -2.19. The summed E-state index contributed by atoms with van der Waals surface area (Å²) in [5.41, 5.74) is 2.45. The largest absolute Gasteiger partial charge is 0.331 e. The van der Waals surface area contributed by atoms with Gasteiger partial charge in [-0.2, -0.15) is 9.50 Å². The molecule has 0 unspecified atom stereocenters. The molecule has 4 aromatic heterocycles. The van der Waals surface area contributed by atoms with Gasteiger partial charge in [0.1, 0.15) is 5.69 Å². The van der Waals surface area contributed by atoms with Crippen molar-refractivity contribution in [2.75, 3.05) is 0 Å². The van der Waals surface area contributed by atoms with Crippen LogP contribution in [-0.4, -0.2) is 34.1 Å². The van der Waals surface area contributed by atoms with Crippen molar-refractivity contribution in [1.29, 1.82) is 0 Å². The third-order valence-electron chi connectivity index (χ3n) is 4.65. The summed E-state index contributed by atoms with van der Waals surface area (Å²) in [7, 11) is 0. The van der Waals surface area contributed by atoms with Crippen LogP contribution in [0.4, 0.5) is 0 Å². The van der Waals surface area contributed by atoms with Crippen LogP contribution in [0.5, 0.6) is 0 Å². The third-order valence-corrected chi connectivity index (χ3v) is 4.65. The number of aromatic nitrogens is 7. The van der Waals surface area contributed by atoms with Gasteiger partial charge in [0.2, 0.25) is 5.78 Å². The molecule has 0 aliphatic heterocycles. The van der Waals surface area contributed by atoms with Crippen LogP contribution in [0.25, 0.3) is 28.5 Å². The highest BCUT2D eigenvalue weighted by Crippen LogP contribution is 2.18. The average molecular weight is 371 g/mol. The Bertz CT molecular complexity index is 1330. The normalized spacial score (nSPS) is 11.5. The smallest absolute Gasteiger partial charge is 0.301 e. The van der Waals surface area contributed by atoms with E-state index in [4.69, 9.17) is 0 Å². The maximum Gasteiger partial charge on any atom is 0.301 e. The second-order valence-electron chi connectivity index (χ2n) is 6.45. The van der Waals surface area contributed by atoms with Crippen LogP contribution in [-0.2, 0) is 13.0 Å². The van der Waals surface area contributed by atoms with Crippen LogP contribution < -0.4 is 5.56 Å². The Hall–Kier alpha value is -3.81. The molecule has 5 rings (SSSR count). The fourth-order valence-corrected chi connectivity index (χ4v) is 3.33.